The first-order valence-electron chi connectivity index (χ1n) is 7.64. The van der Waals surface area contributed by atoms with Crippen LogP contribution in [0.15, 0.2) is 59.7 Å². The van der Waals surface area contributed by atoms with Gasteiger partial charge in [0.15, 0.2) is 0 Å². The van der Waals surface area contributed by atoms with Gasteiger partial charge < -0.3 is 4.74 Å². The van der Waals surface area contributed by atoms with Gasteiger partial charge in [0.1, 0.15) is 0 Å². The second-order valence-electron chi connectivity index (χ2n) is 5.20. The summed E-state index contributed by atoms with van der Waals surface area (Å²) in [5.41, 5.74) is 1.27. The van der Waals surface area contributed by atoms with Gasteiger partial charge in [0.2, 0.25) is 5.88 Å². The molecule has 0 aliphatic carbocycles. The number of nitrogens with zero attached hydrogens (tertiary/aromatic N) is 3. The van der Waals surface area contributed by atoms with Gasteiger partial charge in [-0.15, -0.1) is 0 Å². The summed E-state index contributed by atoms with van der Waals surface area (Å²) in [6, 6.07) is 11.4. The van der Waals surface area contributed by atoms with E-state index in [2.05, 4.69) is 23.6 Å². The highest BCUT2D eigenvalue weighted by molar-refractivity contribution is 5.92. The van der Waals surface area contributed by atoms with Crippen molar-refractivity contribution in [3.63, 3.8) is 0 Å². The summed E-state index contributed by atoms with van der Waals surface area (Å²) in [6.07, 6.45) is 3.53. The normalized spacial score (nSPS) is 11.3. The Morgan fingerprint density at radius 3 is 2.74 bits per heavy atom. The molecule has 2 aromatic rings. The summed E-state index contributed by atoms with van der Waals surface area (Å²) in [6.45, 7) is 7.92. The molecule has 0 radical (unpaired) electrons. The van der Waals surface area contributed by atoms with Crippen LogP contribution in [0, 0.1) is 0 Å². The molecule has 1 aromatic heterocycles. The van der Waals surface area contributed by atoms with Crippen LogP contribution < -0.4 is 10.1 Å². The van der Waals surface area contributed by atoms with Crippen LogP contribution in [0.1, 0.15) is 26.7 Å². The Morgan fingerprint density at radius 1 is 1.35 bits per heavy atom. The van der Waals surface area contributed by atoms with Crippen LogP contribution in [0.2, 0.25) is 0 Å². The second kappa shape index (κ2) is 8.08. The number of hydrogen-bond donors (Lipinski definition) is 0. The van der Waals surface area contributed by atoms with Crippen molar-refractivity contribution in [1.82, 2.24) is 9.78 Å². The topological polar surface area (TPSA) is 56.5 Å². The van der Waals surface area contributed by atoms with Gasteiger partial charge in [0, 0.05) is 11.6 Å². The van der Waals surface area contributed by atoms with Crippen LogP contribution in [0.4, 0.5) is 0 Å². The van der Waals surface area contributed by atoms with Crippen LogP contribution in [-0.4, -0.2) is 22.3 Å². The summed E-state index contributed by atoms with van der Waals surface area (Å²) in [5, 5.41) is 4.81. The number of rotatable bonds is 6. The lowest BCUT2D eigenvalue weighted by atomic mass is 10.3. The van der Waals surface area contributed by atoms with E-state index in [1.807, 2.05) is 30.3 Å². The third-order valence-corrected chi connectivity index (χ3v) is 3.13. The molecule has 0 bridgehead atoms. The SMILES string of the molecule is C=C(C)C(=O)N=c1cnn(-c2ccccc2)c(OCCCC)c1. The number of para-hydroxylation sites is 1. The van der Waals surface area contributed by atoms with Crippen molar-refractivity contribution in [2.45, 2.75) is 26.7 Å². The molecule has 0 fully saturated rings. The van der Waals surface area contributed by atoms with Crippen molar-refractivity contribution in [2.24, 2.45) is 4.99 Å². The van der Waals surface area contributed by atoms with Gasteiger partial charge in [-0.1, -0.05) is 38.1 Å². The Labute approximate surface area is 136 Å². The first-order valence-corrected chi connectivity index (χ1v) is 7.64. The zero-order valence-electron chi connectivity index (χ0n) is 13.5. The second-order valence-corrected chi connectivity index (χ2v) is 5.20. The minimum absolute atomic E-state index is 0.358. The van der Waals surface area contributed by atoms with Crippen LogP contribution in [0.3, 0.4) is 0 Å². The maximum atomic E-state index is 11.7. The van der Waals surface area contributed by atoms with E-state index >= 15 is 0 Å². The lowest BCUT2D eigenvalue weighted by molar-refractivity contribution is -0.114. The van der Waals surface area contributed by atoms with E-state index in [4.69, 9.17) is 4.74 Å². The van der Waals surface area contributed by atoms with E-state index in [0.29, 0.717) is 23.4 Å². The third-order valence-electron chi connectivity index (χ3n) is 3.13. The lowest BCUT2D eigenvalue weighted by Gasteiger charge is -2.13. The summed E-state index contributed by atoms with van der Waals surface area (Å²) in [7, 11) is 0. The minimum atomic E-state index is -0.358. The minimum Gasteiger partial charge on any atom is -0.478 e. The first-order chi connectivity index (χ1) is 11.1. The molecule has 0 aliphatic heterocycles. The molecule has 120 valence electrons. The van der Waals surface area contributed by atoms with Gasteiger partial charge in [0.05, 0.1) is 23.8 Å². The Balaban J connectivity index is 2.42. The highest BCUT2D eigenvalue weighted by Crippen LogP contribution is 2.14. The largest absolute Gasteiger partial charge is 0.478 e. The predicted molar refractivity (Wildman–Crippen MR) is 89.4 cm³/mol. The lowest BCUT2D eigenvalue weighted by Crippen LogP contribution is -2.15. The number of hydrogen-bond acceptors (Lipinski definition) is 3. The van der Waals surface area contributed by atoms with Gasteiger partial charge in [0.25, 0.3) is 5.91 Å². The molecule has 1 heterocycles. The molecule has 1 amide bonds. The average Bonchev–Trinajstić information content (AvgIpc) is 2.56. The summed E-state index contributed by atoms with van der Waals surface area (Å²) in [5.74, 6) is 0.198. The Morgan fingerprint density at radius 2 is 2.09 bits per heavy atom. The number of ether oxygens (including phenoxy) is 1. The smallest absolute Gasteiger partial charge is 0.272 e. The van der Waals surface area contributed by atoms with Crippen LogP contribution in [0.5, 0.6) is 5.88 Å². The van der Waals surface area contributed by atoms with Crippen molar-refractivity contribution >= 4 is 5.91 Å². The van der Waals surface area contributed by atoms with Gasteiger partial charge >= 0.3 is 0 Å². The summed E-state index contributed by atoms with van der Waals surface area (Å²) in [4.78, 5) is 15.7. The predicted octanol–water partition coefficient (Wildman–Crippen LogP) is 3.05. The first kappa shape index (κ1) is 16.7. The van der Waals surface area contributed by atoms with Crippen molar-refractivity contribution < 1.29 is 9.53 Å². The van der Waals surface area contributed by atoms with E-state index in [9.17, 15) is 4.79 Å². The Hall–Kier alpha value is -2.69. The van der Waals surface area contributed by atoms with Gasteiger partial charge in [-0.05, 0) is 25.5 Å². The monoisotopic (exact) mass is 311 g/mol. The maximum Gasteiger partial charge on any atom is 0.272 e. The highest BCUT2D eigenvalue weighted by atomic mass is 16.5. The molecule has 5 nitrogen and oxygen atoms in total. The molecular weight excluding hydrogens is 290 g/mol. The van der Waals surface area contributed by atoms with E-state index < -0.39 is 0 Å². The Bertz CT molecular complexity index is 748. The molecule has 0 N–H and O–H groups in total. The fourth-order valence-electron chi connectivity index (χ4n) is 1.86. The van der Waals surface area contributed by atoms with Crippen molar-refractivity contribution in [2.75, 3.05) is 6.61 Å². The fraction of sp³-hybridized carbons (Fsp3) is 0.278. The number of benzene rings is 1. The molecular formula is C18H21N3O2. The van der Waals surface area contributed by atoms with E-state index in [0.717, 1.165) is 18.5 Å². The van der Waals surface area contributed by atoms with Crippen LogP contribution >= 0.6 is 0 Å². The maximum absolute atomic E-state index is 11.7. The summed E-state index contributed by atoms with van der Waals surface area (Å²) < 4.78 is 7.52. The van der Waals surface area contributed by atoms with E-state index in [-0.39, 0.29) is 5.91 Å². The van der Waals surface area contributed by atoms with Crippen molar-refractivity contribution in [3.05, 3.63) is 60.1 Å². The number of aromatic nitrogens is 2. The van der Waals surface area contributed by atoms with Crippen LogP contribution in [0.25, 0.3) is 5.69 Å². The average molecular weight is 311 g/mol. The molecule has 0 atom stereocenters. The van der Waals surface area contributed by atoms with E-state index in [1.54, 1.807) is 23.9 Å². The molecule has 1 aromatic carbocycles. The standard InChI is InChI=1S/C18H21N3O2/c1-4-5-11-23-17-12-15(20-18(22)14(2)3)13-19-21(17)16-9-7-6-8-10-16/h6-10,12-13H,2,4-5,11H2,1,3H3. The number of carbonyl (C=O) groups is 1. The zero-order chi connectivity index (χ0) is 16.7. The number of amides is 1. The van der Waals surface area contributed by atoms with Crippen molar-refractivity contribution in [1.29, 1.82) is 0 Å². The molecule has 0 spiro atoms. The molecule has 0 saturated carbocycles. The quantitative estimate of drug-likeness (QED) is 0.608. The molecule has 2 rings (SSSR count). The number of unbranched alkanes of at least 4 members (excludes halogenated alkanes) is 1. The van der Waals surface area contributed by atoms with E-state index in [1.165, 1.54) is 0 Å². The van der Waals surface area contributed by atoms with Crippen molar-refractivity contribution in [3.8, 4) is 11.6 Å². The third kappa shape index (κ3) is 4.64. The van der Waals surface area contributed by atoms with Gasteiger partial charge in [-0.2, -0.15) is 5.10 Å². The number of carbonyl (C=O) groups excluding carboxylic acids is 1. The molecule has 5 heteroatoms. The van der Waals surface area contributed by atoms with Crippen LogP contribution in [-0.2, 0) is 4.79 Å². The van der Waals surface area contributed by atoms with Gasteiger partial charge in [-0.3, -0.25) is 4.79 Å². The highest BCUT2D eigenvalue weighted by Gasteiger charge is 2.06. The molecule has 23 heavy (non-hydrogen) atoms. The molecule has 0 saturated heterocycles. The molecule has 0 aliphatic rings. The molecule has 0 unspecified atom stereocenters. The van der Waals surface area contributed by atoms with Gasteiger partial charge in [-0.25, -0.2) is 9.67 Å². The Kier molecular flexibility index (Phi) is 5.86. The fourth-order valence-corrected chi connectivity index (χ4v) is 1.86. The summed E-state index contributed by atoms with van der Waals surface area (Å²) >= 11 is 0. The zero-order valence-corrected chi connectivity index (χ0v) is 13.5.